The molecule has 334 valence electrons. The van der Waals surface area contributed by atoms with Crippen molar-refractivity contribution in [3.63, 3.8) is 0 Å². The van der Waals surface area contributed by atoms with Crippen LogP contribution in [0.1, 0.15) is 22.3 Å². The van der Waals surface area contributed by atoms with Crippen molar-refractivity contribution in [3.8, 4) is 52.5 Å². The predicted octanol–water partition coefficient (Wildman–Crippen LogP) is 15.9. The van der Waals surface area contributed by atoms with E-state index >= 15 is 0 Å². The van der Waals surface area contributed by atoms with Crippen molar-refractivity contribution in [1.82, 2.24) is 13.7 Å². The molecule has 0 bridgehead atoms. The van der Waals surface area contributed by atoms with Crippen molar-refractivity contribution < 1.29 is 8.83 Å². The van der Waals surface area contributed by atoms with Crippen molar-refractivity contribution in [3.05, 3.63) is 210 Å². The van der Waals surface area contributed by atoms with E-state index in [1.54, 1.807) is 18.2 Å². The van der Waals surface area contributed by atoms with Crippen molar-refractivity contribution in [2.75, 3.05) is 0 Å². The molecule has 0 unspecified atom stereocenters. The van der Waals surface area contributed by atoms with E-state index in [4.69, 9.17) is 8.83 Å². The van der Waals surface area contributed by atoms with E-state index in [-0.39, 0.29) is 0 Å². The average molecular weight is 930 g/mol. The van der Waals surface area contributed by atoms with Gasteiger partial charge in [0.1, 0.15) is 29.4 Å². The maximum atomic E-state index is 11.3. The van der Waals surface area contributed by atoms with Crippen LogP contribution in [0.3, 0.4) is 0 Å². The number of hydrogen-bond donors (Lipinski definition) is 0. The molecule has 0 aliphatic heterocycles. The average Bonchev–Trinajstić information content (AvgIpc) is 4.30. The number of fused-ring (bicyclic) bond motifs is 17. The molecule has 5 heterocycles. The van der Waals surface area contributed by atoms with E-state index in [1.807, 2.05) is 97.1 Å². The van der Waals surface area contributed by atoms with Crippen LogP contribution in [0.15, 0.2) is 197 Å². The fraction of sp³-hybridized carbons (Fsp3) is 0. The number of para-hydroxylation sites is 4. The Hall–Kier alpha value is -10.8. The molecule has 15 aromatic rings. The third-order valence-corrected chi connectivity index (χ3v) is 14.8. The Labute approximate surface area is 413 Å². The van der Waals surface area contributed by atoms with Crippen LogP contribution in [0.4, 0.5) is 0 Å². The summed E-state index contributed by atoms with van der Waals surface area (Å²) in [7, 11) is 0. The zero-order valence-electron chi connectivity index (χ0n) is 38.3. The quantitative estimate of drug-likeness (QED) is 0.172. The molecule has 0 saturated carbocycles. The number of benzene rings is 10. The van der Waals surface area contributed by atoms with Gasteiger partial charge >= 0.3 is 0 Å². The van der Waals surface area contributed by atoms with Gasteiger partial charge in [0, 0.05) is 53.9 Å². The minimum Gasteiger partial charge on any atom is -0.454 e. The summed E-state index contributed by atoms with van der Waals surface area (Å²) in [6.07, 6.45) is 0. The normalized spacial score (nSPS) is 11.8. The first-order valence-electron chi connectivity index (χ1n) is 23.7. The Balaban J connectivity index is 1.03. The molecular weight excluding hydrogens is 899 g/mol. The topological polar surface area (TPSA) is 136 Å². The van der Waals surface area contributed by atoms with Crippen molar-refractivity contribution in [2.24, 2.45) is 0 Å². The maximum absolute atomic E-state index is 11.3. The molecule has 0 fully saturated rings. The van der Waals surface area contributed by atoms with Gasteiger partial charge in [-0.1, -0.05) is 103 Å². The number of hydrogen-bond acceptors (Lipinski definition) is 6. The van der Waals surface area contributed by atoms with Gasteiger partial charge in [0.05, 0.1) is 78.5 Å². The van der Waals surface area contributed by atoms with E-state index in [2.05, 4.69) is 111 Å². The summed E-state index contributed by atoms with van der Waals surface area (Å²) in [5, 5.41) is 52.6. The highest BCUT2D eigenvalue weighted by Gasteiger charge is 2.27. The zero-order valence-corrected chi connectivity index (χ0v) is 38.3. The Morgan fingerprint density at radius 1 is 0.329 bits per heavy atom. The summed E-state index contributed by atoms with van der Waals surface area (Å²) in [5.74, 6) is 0. The Kier molecular flexibility index (Phi) is 8.15. The van der Waals surface area contributed by atoms with Crippen LogP contribution < -0.4 is 0 Å². The van der Waals surface area contributed by atoms with Gasteiger partial charge in [-0.25, -0.2) is 0 Å². The summed E-state index contributed by atoms with van der Waals surface area (Å²) >= 11 is 0. The lowest BCUT2D eigenvalue weighted by molar-refractivity contribution is 0.670. The molecule has 73 heavy (non-hydrogen) atoms. The van der Waals surface area contributed by atoms with Crippen LogP contribution in [0.2, 0.25) is 0 Å². The highest BCUT2D eigenvalue weighted by atomic mass is 16.3. The molecule has 0 aliphatic carbocycles. The third-order valence-electron chi connectivity index (χ3n) is 14.8. The molecule has 0 N–H and O–H groups in total. The third kappa shape index (κ3) is 5.40. The van der Waals surface area contributed by atoms with E-state index in [9.17, 15) is 21.0 Å². The zero-order chi connectivity index (χ0) is 48.6. The molecule has 0 saturated heterocycles. The molecule has 0 spiro atoms. The lowest BCUT2D eigenvalue weighted by Gasteiger charge is -2.15. The first-order chi connectivity index (χ1) is 36.0. The lowest BCUT2D eigenvalue weighted by atomic mass is 9.97. The minimum atomic E-state index is 0.386. The Morgan fingerprint density at radius 3 is 1.47 bits per heavy atom. The fourth-order valence-corrected chi connectivity index (χ4v) is 11.7. The predicted molar refractivity (Wildman–Crippen MR) is 288 cm³/mol. The second kappa shape index (κ2) is 14.8. The van der Waals surface area contributed by atoms with E-state index in [0.29, 0.717) is 50.5 Å². The van der Waals surface area contributed by atoms with Crippen LogP contribution >= 0.6 is 0 Å². The molecular formula is C64H31N7O2. The van der Waals surface area contributed by atoms with Gasteiger partial charge in [0.15, 0.2) is 11.2 Å². The van der Waals surface area contributed by atoms with Crippen LogP contribution in [0.25, 0.3) is 137 Å². The molecule has 5 aromatic heterocycles. The van der Waals surface area contributed by atoms with Gasteiger partial charge < -0.3 is 22.5 Å². The summed E-state index contributed by atoms with van der Waals surface area (Å²) in [6, 6.07) is 71.8. The number of nitrogens with zero attached hydrogens (tertiary/aromatic N) is 7. The molecule has 0 aliphatic rings. The van der Waals surface area contributed by atoms with Gasteiger partial charge in [-0.15, -0.1) is 0 Å². The lowest BCUT2D eigenvalue weighted by Crippen LogP contribution is -2.04. The van der Waals surface area contributed by atoms with E-state index in [0.717, 1.165) is 109 Å². The van der Waals surface area contributed by atoms with Gasteiger partial charge in [0.25, 0.3) is 0 Å². The second-order valence-corrected chi connectivity index (χ2v) is 18.4. The molecule has 9 heteroatoms. The molecule has 0 atom stereocenters. The monoisotopic (exact) mass is 929 g/mol. The van der Waals surface area contributed by atoms with Crippen LogP contribution in [0, 0.1) is 45.3 Å². The number of aromatic nitrogens is 3. The second-order valence-electron chi connectivity index (χ2n) is 18.4. The molecule has 10 aromatic carbocycles. The standard InChI is InChI=1S/C64H31N7O2/c65-32-36-20-21-38(33-66)55(28-36)70-53-27-22-37(29-50(53)46-23-24-47-44-12-3-7-18-58(44)72-63(47)61(46)70)41-14-9-17-54-60(41)49-26-25-48-45-13-4-8-19-59(45)73-64(48)62(49)71(54)57-31-39(34-67)56(30-40(57)35-68)69-51-15-5-1-10-42(51)43-11-2-6-16-52(43)69/h1-31H. The summed E-state index contributed by atoms with van der Waals surface area (Å²) < 4.78 is 19.8. The van der Waals surface area contributed by atoms with E-state index in [1.165, 1.54) is 0 Å². The van der Waals surface area contributed by atoms with Crippen molar-refractivity contribution in [2.45, 2.75) is 0 Å². The minimum absolute atomic E-state index is 0.386. The Morgan fingerprint density at radius 2 is 0.836 bits per heavy atom. The highest BCUT2D eigenvalue weighted by molar-refractivity contribution is 6.26. The van der Waals surface area contributed by atoms with Gasteiger partial charge in [-0.3, -0.25) is 0 Å². The molecule has 15 rings (SSSR count). The fourth-order valence-electron chi connectivity index (χ4n) is 11.7. The van der Waals surface area contributed by atoms with Gasteiger partial charge in [0.2, 0.25) is 0 Å². The van der Waals surface area contributed by atoms with Crippen molar-refractivity contribution >= 4 is 109 Å². The SMILES string of the molecule is N#Cc1ccc(C#N)c(-n2c3ccc(-c4cccc5c4c4ccc6c7ccccc7oc6c4n5-c4cc(C#N)c(-n5c6ccccc6c6ccccc65)cc4C#N)cc3c3ccc4c5ccccc5oc4c32)c1. The van der Waals surface area contributed by atoms with Crippen LogP contribution in [-0.2, 0) is 0 Å². The largest absolute Gasteiger partial charge is 0.454 e. The van der Waals surface area contributed by atoms with Gasteiger partial charge in [-0.05, 0) is 96.1 Å². The molecule has 9 nitrogen and oxygen atoms in total. The molecule has 0 amide bonds. The summed E-state index contributed by atoms with van der Waals surface area (Å²) in [5.41, 5.74) is 13.2. The molecule has 0 radical (unpaired) electrons. The Bertz CT molecular complexity index is 5110. The van der Waals surface area contributed by atoms with E-state index < -0.39 is 0 Å². The smallest absolute Gasteiger partial charge is 0.160 e. The first-order valence-corrected chi connectivity index (χ1v) is 23.7. The number of rotatable bonds is 4. The van der Waals surface area contributed by atoms with Crippen LogP contribution in [0.5, 0.6) is 0 Å². The number of nitriles is 4. The summed E-state index contributed by atoms with van der Waals surface area (Å²) in [6.45, 7) is 0. The highest BCUT2D eigenvalue weighted by Crippen LogP contribution is 2.47. The first kappa shape index (κ1) is 40.1. The van der Waals surface area contributed by atoms with Gasteiger partial charge in [-0.2, -0.15) is 21.0 Å². The number of furan rings is 2. The van der Waals surface area contributed by atoms with Crippen molar-refractivity contribution in [1.29, 1.82) is 21.0 Å². The maximum Gasteiger partial charge on any atom is 0.160 e. The summed E-state index contributed by atoms with van der Waals surface area (Å²) in [4.78, 5) is 0. The van der Waals surface area contributed by atoms with Crippen LogP contribution in [-0.4, -0.2) is 13.7 Å².